The van der Waals surface area contributed by atoms with Crippen molar-refractivity contribution >= 4 is 41.5 Å². The van der Waals surface area contributed by atoms with Gasteiger partial charge in [-0.05, 0) is 30.7 Å². The number of anilines is 1. The van der Waals surface area contributed by atoms with Crippen LogP contribution in [0, 0.1) is 24.7 Å². The number of carbonyl (C=O) groups excluding carboxylic acids is 1. The van der Waals surface area contributed by atoms with Crippen molar-refractivity contribution in [2.45, 2.75) is 64.8 Å². The quantitative estimate of drug-likeness (QED) is 0.128. The number of benzene rings is 2. The number of aliphatic hydroxyl groups excluding tert-OH is 1. The average molecular weight is 683 g/mol. The number of halogens is 1. The number of hydrogen-bond acceptors (Lipinski definition) is 11. The van der Waals surface area contributed by atoms with Gasteiger partial charge in [-0.2, -0.15) is 5.09 Å². The minimum Gasteiger partial charge on any atom is -0.464 e. The number of rotatable bonds is 11. The lowest BCUT2D eigenvalue weighted by molar-refractivity contribution is -0.148. The number of imidazole rings is 1. The molecule has 2 aromatic heterocycles. The topological polar surface area (TPSA) is 150 Å². The van der Waals surface area contributed by atoms with E-state index in [0.29, 0.717) is 22.5 Å². The minimum atomic E-state index is -4.45. The molecule has 1 saturated heterocycles. The van der Waals surface area contributed by atoms with Gasteiger partial charge >= 0.3 is 13.7 Å². The summed E-state index contributed by atoms with van der Waals surface area (Å²) < 4.78 is 55.3. The summed E-state index contributed by atoms with van der Waals surface area (Å²) in [6.45, 7) is 8.30. The molecule has 6 atom stereocenters. The Hall–Kier alpha value is -4.12. The Kier molecular flexibility index (Phi) is 9.83. The third kappa shape index (κ3) is 7.16. The lowest BCUT2D eigenvalue weighted by Gasteiger charge is -2.26. The smallest absolute Gasteiger partial charge is 0.459 e. The summed E-state index contributed by atoms with van der Waals surface area (Å²) >= 11 is 0. The highest BCUT2D eigenvalue weighted by Crippen LogP contribution is 2.49. The van der Waals surface area contributed by atoms with Crippen LogP contribution in [0.4, 0.5) is 10.2 Å². The first kappa shape index (κ1) is 35.2. The maximum atomic E-state index is 16.5. The summed E-state index contributed by atoms with van der Waals surface area (Å²) in [5, 5.41) is 15.2. The predicted molar refractivity (Wildman–Crippen MR) is 178 cm³/mol. The molecule has 1 aliphatic heterocycles. The third-order valence-electron chi connectivity index (χ3n) is 7.59. The number of ether oxygens (including phenoxy) is 2. The van der Waals surface area contributed by atoms with E-state index in [4.69, 9.17) is 24.9 Å². The predicted octanol–water partition coefficient (Wildman–Crippen LogP) is 4.72. The molecule has 0 bridgehead atoms. The van der Waals surface area contributed by atoms with Gasteiger partial charge in [0.25, 0.3) is 0 Å². The van der Waals surface area contributed by atoms with E-state index in [1.165, 1.54) is 17.8 Å². The van der Waals surface area contributed by atoms with Gasteiger partial charge in [0.05, 0.1) is 19.5 Å². The zero-order valence-corrected chi connectivity index (χ0v) is 28.8. The molecule has 256 valence electrons. The van der Waals surface area contributed by atoms with E-state index in [9.17, 15) is 14.5 Å². The van der Waals surface area contributed by atoms with Crippen LogP contribution in [0.2, 0.25) is 0 Å². The van der Waals surface area contributed by atoms with Crippen LogP contribution in [0.1, 0.15) is 39.7 Å². The summed E-state index contributed by atoms with van der Waals surface area (Å²) in [7, 11) is -0.894. The van der Waals surface area contributed by atoms with Gasteiger partial charge in [-0.25, -0.2) is 23.9 Å². The Balaban J connectivity index is 1.43. The molecule has 0 amide bonds. The highest BCUT2D eigenvalue weighted by atomic mass is 31.2. The number of esters is 1. The van der Waals surface area contributed by atoms with Crippen LogP contribution in [-0.2, 0) is 23.4 Å². The minimum absolute atomic E-state index is 0.116. The first-order chi connectivity index (χ1) is 22.5. The van der Waals surface area contributed by atoms with Crippen molar-refractivity contribution in [2.75, 3.05) is 32.2 Å². The monoisotopic (exact) mass is 682 g/mol. The molecule has 5 rings (SSSR count). The lowest BCUT2D eigenvalue weighted by Crippen LogP contribution is -2.42. The number of hydrogen-bond donors (Lipinski definition) is 2. The van der Waals surface area contributed by atoms with E-state index in [1.54, 1.807) is 50.2 Å². The molecule has 4 aromatic rings. The van der Waals surface area contributed by atoms with E-state index in [-0.39, 0.29) is 23.4 Å². The molecule has 1 aliphatic rings. The number of nitrogens with zero attached hydrogens (tertiary/aromatic N) is 5. The van der Waals surface area contributed by atoms with Gasteiger partial charge in [0.2, 0.25) is 5.67 Å². The van der Waals surface area contributed by atoms with Crippen LogP contribution in [0.15, 0.2) is 48.8 Å². The Morgan fingerprint density at radius 3 is 2.65 bits per heavy atom. The summed E-state index contributed by atoms with van der Waals surface area (Å²) in [5.74, 6) is 2.42. The second kappa shape index (κ2) is 13.4. The Morgan fingerprint density at radius 1 is 1.25 bits per heavy atom. The Labute approximate surface area is 278 Å². The van der Waals surface area contributed by atoms with Crippen LogP contribution >= 0.6 is 7.75 Å². The zero-order valence-electron chi connectivity index (χ0n) is 27.9. The molecule has 0 aliphatic carbocycles. The average Bonchev–Trinajstić information content (AvgIpc) is 3.55. The summed E-state index contributed by atoms with van der Waals surface area (Å²) in [5.41, 5.74) is -2.48. The molecule has 48 heavy (non-hydrogen) atoms. The molecule has 2 aromatic carbocycles. The van der Waals surface area contributed by atoms with Crippen molar-refractivity contribution in [3.63, 3.8) is 0 Å². The van der Waals surface area contributed by atoms with Crippen LogP contribution in [-0.4, -0.2) is 81.8 Å². The fourth-order valence-corrected chi connectivity index (χ4v) is 6.69. The Bertz CT molecular complexity index is 1900. The lowest BCUT2D eigenvalue weighted by atomic mass is 9.97. The Morgan fingerprint density at radius 2 is 1.96 bits per heavy atom. The van der Waals surface area contributed by atoms with Crippen molar-refractivity contribution in [3.8, 4) is 18.1 Å². The number of aromatic nitrogens is 4. The molecule has 15 heteroatoms. The first-order valence-corrected chi connectivity index (χ1v) is 16.8. The second-order valence-corrected chi connectivity index (χ2v) is 14.8. The van der Waals surface area contributed by atoms with Crippen LogP contribution in [0.5, 0.6) is 5.75 Å². The number of fused-ring (bicyclic) bond motifs is 2. The highest BCUT2D eigenvalue weighted by molar-refractivity contribution is 7.52. The van der Waals surface area contributed by atoms with Crippen molar-refractivity contribution in [1.29, 1.82) is 0 Å². The van der Waals surface area contributed by atoms with Gasteiger partial charge in [0, 0.05) is 19.5 Å². The molecular weight excluding hydrogens is 642 g/mol. The highest BCUT2D eigenvalue weighted by Gasteiger charge is 2.58. The normalized spacial score (nSPS) is 23.0. The van der Waals surface area contributed by atoms with Gasteiger partial charge in [-0.15, -0.1) is 6.42 Å². The van der Waals surface area contributed by atoms with Crippen LogP contribution in [0.25, 0.3) is 21.9 Å². The summed E-state index contributed by atoms with van der Waals surface area (Å²) in [6.07, 6.45) is 2.00. The second-order valence-electron chi connectivity index (χ2n) is 13.1. The third-order valence-corrected chi connectivity index (χ3v) is 9.22. The van der Waals surface area contributed by atoms with Crippen molar-refractivity contribution in [1.82, 2.24) is 24.6 Å². The van der Waals surface area contributed by atoms with E-state index in [1.807, 2.05) is 44.9 Å². The maximum Gasteiger partial charge on any atom is 0.459 e. The molecule has 0 unspecified atom stereocenters. The summed E-state index contributed by atoms with van der Waals surface area (Å²) in [6, 6.07) is 11.3. The number of aliphatic hydroxyl groups is 1. The summed E-state index contributed by atoms with van der Waals surface area (Å²) in [4.78, 5) is 27.8. The van der Waals surface area contributed by atoms with E-state index in [2.05, 4.69) is 20.0 Å². The van der Waals surface area contributed by atoms with Gasteiger partial charge in [-0.3, -0.25) is 13.9 Å². The van der Waals surface area contributed by atoms with Gasteiger partial charge in [0.1, 0.15) is 29.8 Å². The fourth-order valence-electron chi connectivity index (χ4n) is 5.17. The number of nitrogens with one attached hydrogen (secondary N) is 1. The molecule has 0 radical (unpaired) electrons. The fraction of sp³-hybridized carbons (Fsp3) is 0.455. The molecule has 0 spiro atoms. The molecule has 3 heterocycles. The molecule has 13 nitrogen and oxygen atoms in total. The van der Waals surface area contributed by atoms with Crippen LogP contribution < -0.4 is 14.5 Å². The van der Waals surface area contributed by atoms with Gasteiger partial charge in [0.15, 0.2) is 23.2 Å². The SMILES string of the molecule is C#C[C@@]1(F)[C@H](O)[C@@H](CO[P@](=O)(N[C@@H](C)C(=O)OCC(C)(C)C)Oc2cccc3ccccc23)O[C@H]1n1cnc2c(N(C)C)nc(C)nc21. The number of alkyl halides is 1. The van der Waals surface area contributed by atoms with Gasteiger partial charge < -0.3 is 24.0 Å². The zero-order chi connectivity index (χ0) is 35.0. The van der Waals surface area contributed by atoms with E-state index >= 15 is 4.39 Å². The molecular formula is C33H40FN6O7P. The van der Waals surface area contributed by atoms with Crippen molar-refractivity contribution in [3.05, 3.63) is 54.6 Å². The maximum absolute atomic E-state index is 16.5. The number of carbonyl (C=O) groups is 1. The number of aryl methyl sites for hydroxylation is 1. The molecule has 2 N–H and O–H groups in total. The first-order valence-electron chi connectivity index (χ1n) is 15.3. The molecule has 1 fully saturated rings. The largest absolute Gasteiger partial charge is 0.464 e. The van der Waals surface area contributed by atoms with E-state index < -0.39 is 50.5 Å². The van der Waals surface area contributed by atoms with E-state index in [0.717, 1.165) is 5.39 Å². The van der Waals surface area contributed by atoms with Gasteiger partial charge in [-0.1, -0.05) is 63.1 Å². The molecule has 0 saturated carbocycles. The number of terminal acetylenes is 1. The van der Waals surface area contributed by atoms with Crippen molar-refractivity contribution in [2.24, 2.45) is 5.41 Å². The van der Waals surface area contributed by atoms with Crippen LogP contribution in [0.3, 0.4) is 0 Å². The standard InChI is InChI=1S/C33H40FN6O7P/c1-9-33(34)27(41)25(46-31(33)40-19-35-26-28(39(7)8)36-21(3)37-29(26)40)17-45-48(43,38-20(2)30(42)44-18-32(4,5)6)47-24-16-12-14-22-13-10-11-15-23(22)24/h1,10-16,19-20,25,27,31,41H,17-18H2,2-8H3,(H,38,43)/t20-,25+,27+,31+,33+,48+/m0/s1. The van der Waals surface area contributed by atoms with Crippen molar-refractivity contribution < 1.29 is 37.4 Å².